The maximum atomic E-state index is 9.54. The third kappa shape index (κ3) is 7.56. The molecule has 0 radical (unpaired) electrons. The quantitative estimate of drug-likeness (QED) is 0.288. The lowest BCUT2D eigenvalue weighted by Gasteiger charge is -2.20. The van der Waals surface area contributed by atoms with Crippen LogP contribution in [-0.4, -0.2) is 47.2 Å². The maximum Gasteiger partial charge on any atom is 0.159 e. The number of hydrogen-bond acceptors (Lipinski definition) is 7. The van der Waals surface area contributed by atoms with Gasteiger partial charge >= 0.3 is 0 Å². The second-order valence-corrected chi connectivity index (χ2v) is 9.42. The number of likely N-dealkylation sites (N-methyl/N-ethyl adjacent to an activating group) is 1. The minimum absolute atomic E-state index is 0.108. The molecule has 0 spiro atoms. The van der Waals surface area contributed by atoms with Gasteiger partial charge in [0.2, 0.25) is 0 Å². The van der Waals surface area contributed by atoms with Crippen LogP contribution in [-0.2, 0) is 17.6 Å². The summed E-state index contributed by atoms with van der Waals surface area (Å²) in [6, 6.07) is 10.1. The molecule has 36 heavy (non-hydrogen) atoms. The van der Waals surface area contributed by atoms with Crippen LogP contribution >= 0.6 is 0 Å². The summed E-state index contributed by atoms with van der Waals surface area (Å²) in [5.41, 5.74) is 4.77. The molecule has 0 bridgehead atoms. The topological polar surface area (TPSA) is 87.8 Å². The molecule has 1 atom stereocenters. The number of ether oxygens (including phenoxy) is 1. The minimum atomic E-state index is 0.108. The number of nitrogens with zero attached hydrogens (tertiary/aromatic N) is 6. The highest BCUT2D eigenvalue weighted by atomic mass is 16.5. The largest absolute Gasteiger partial charge is 0.383 e. The number of rotatable bonds is 13. The van der Waals surface area contributed by atoms with E-state index >= 15 is 0 Å². The molecule has 3 rings (SSSR count). The first-order valence-electron chi connectivity index (χ1n) is 12.8. The van der Waals surface area contributed by atoms with Crippen LogP contribution in [0.15, 0.2) is 36.7 Å². The predicted octanol–water partition coefficient (Wildman–Crippen LogP) is 5.67. The van der Waals surface area contributed by atoms with Crippen molar-refractivity contribution in [3.05, 3.63) is 64.9 Å². The molecule has 0 amide bonds. The lowest BCUT2D eigenvalue weighted by atomic mass is 9.90. The van der Waals surface area contributed by atoms with E-state index in [-0.39, 0.29) is 5.92 Å². The fraction of sp³-hybridized carbons (Fsp3) is 0.483. The number of hydrogen-bond donors (Lipinski definition) is 0. The Kier molecular flexibility index (Phi) is 10.3. The Morgan fingerprint density at radius 3 is 2.56 bits per heavy atom. The molecule has 190 valence electrons. The van der Waals surface area contributed by atoms with E-state index < -0.39 is 0 Å². The molecule has 7 nitrogen and oxygen atoms in total. The highest BCUT2D eigenvalue weighted by Gasteiger charge is 2.17. The molecule has 0 N–H and O–H groups in total. The SMILES string of the molecule is CCCCCCc1cnc(-c2ccc(C#N)cc2[C@@H](C)Cc2cc(N(C)CCOC)nc(C)n2)nc1. The Morgan fingerprint density at radius 2 is 1.86 bits per heavy atom. The summed E-state index contributed by atoms with van der Waals surface area (Å²) in [5.74, 6) is 2.42. The number of methoxy groups -OCH3 is 1. The molecule has 3 aromatic rings. The highest BCUT2D eigenvalue weighted by Crippen LogP contribution is 2.31. The number of aryl methyl sites for hydroxylation is 2. The first-order chi connectivity index (χ1) is 17.4. The Labute approximate surface area is 215 Å². The molecule has 0 unspecified atom stereocenters. The molecule has 0 saturated heterocycles. The molecule has 1 aromatic carbocycles. The zero-order valence-corrected chi connectivity index (χ0v) is 22.3. The van der Waals surface area contributed by atoms with Gasteiger partial charge in [-0.25, -0.2) is 19.9 Å². The van der Waals surface area contributed by atoms with Crippen LogP contribution in [0.1, 0.15) is 73.7 Å². The van der Waals surface area contributed by atoms with Crippen LogP contribution in [0.5, 0.6) is 0 Å². The van der Waals surface area contributed by atoms with Gasteiger partial charge < -0.3 is 9.64 Å². The number of benzene rings is 1. The summed E-state index contributed by atoms with van der Waals surface area (Å²) in [7, 11) is 3.71. The van der Waals surface area contributed by atoms with Gasteiger partial charge in [-0.3, -0.25) is 0 Å². The molecular weight excluding hydrogens is 448 g/mol. The van der Waals surface area contributed by atoms with Gasteiger partial charge in [0.05, 0.1) is 18.2 Å². The van der Waals surface area contributed by atoms with Crippen LogP contribution in [0.4, 0.5) is 5.82 Å². The Bertz CT molecular complexity index is 1160. The van der Waals surface area contributed by atoms with Crippen LogP contribution in [0.25, 0.3) is 11.4 Å². The normalized spacial score (nSPS) is 11.8. The van der Waals surface area contributed by atoms with E-state index in [1.807, 2.05) is 50.6 Å². The van der Waals surface area contributed by atoms with Crippen molar-refractivity contribution in [3.8, 4) is 17.5 Å². The zero-order valence-electron chi connectivity index (χ0n) is 22.3. The second kappa shape index (κ2) is 13.6. The van der Waals surface area contributed by atoms with Gasteiger partial charge in [-0.2, -0.15) is 5.26 Å². The summed E-state index contributed by atoms with van der Waals surface area (Å²) in [6.45, 7) is 7.69. The van der Waals surface area contributed by atoms with E-state index in [4.69, 9.17) is 19.7 Å². The monoisotopic (exact) mass is 486 g/mol. The van der Waals surface area contributed by atoms with Gasteiger partial charge in [-0.15, -0.1) is 0 Å². The van der Waals surface area contributed by atoms with Crippen LogP contribution in [0.3, 0.4) is 0 Å². The average molecular weight is 487 g/mol. The summed E-state index contributed by atoms with van der Waals surface area (Å²) in [4.78, 5) is 20.8. The minimum Gasteiger partial charge on any atom is -0.383 e. The van der Waals surface area contributed by atoms with Crippen molar-refractivity contribution in [3.63, 3.8) is 0 Å². The lowest BCUT2D eigenvalue weighted by molar-refractivity contribution is 0.206. The second-order valence-electron chi connectivity index (χ2n) is 9.42. The van der Waals surface area contributed by atoms with Crippen molar-refractivity contribution in [2.75, 3.05) is 32.2 Å². The fourth-order valence-corrected chi connectivity index (χ4v) is 4.30. The molecule has 0 fully saturated rings. The van der Waals surface area contributed by atoms with E-state index in [0.29, 0.717) is 24.4 Å². The van der Waals surface area contributed by atoms with Crippen molar-refractivity contribution in [2.24, 2.45) is 0 Å². The first-order valence-corrected chi connectivity index (χ1v) is 12.8. The summed E-state index contributed by atoms with van der Waals surface area (Å²) < 4.78 is 5.21. The van der Waals surface area contributed by atoms with E-state index in [0.717, 1.165) is 47.8 Å². The highest BCUT2D eigenvalue weighted by molar-refractivity contribution is 5.63. The van der Waals surface area contributed by atoms with Gasteiger partial charge in [-0.1, -0.05) is 33.1 Å². The number of aromatic nitrogens is 4. The van der Waals surface area contributed by atoms with Crippen LogP contribution < -0.4 is 4.90 Å². The number of nitriles is 1. The summed E-state index contributed by atoms with van der Waals surface area (Å²) >= 11 is 0. The Balaban J connectivity index is 1.83. The Hall–Kier alpha value is -3.37. The molecule has 0 aliphatic carbocycles. The third-order valence-corrected chi connectivity index (χ3v) is 6.39. The molecule has 0 aliphatic heterocycles. The first kappa shape index (κ1) is 27.2. The third-order valence-electron chi connectivity index (χ3n) is 6.39. The average Bonchev–Trinajstić information content (AvgIpc) is 2.89. The fourth-order valence-electron chi connectivity index (χ4n) is 4.30. The summed E-state index contributed by atoms with van der Waals surface area (Å²) in [6.07, 6.45) is 10.5. The van der Waals surface area contributed by atoms with Crippen LogP contribution in [0.2, 0.25) is 0 Å². The zero-order chi connectivity index (χ0) is 25.9. The van der Waals surface area contributed by atoms with Crippen LogP contribution in [0, 0.1) is 18.3 Å². The van der Waals surface area contributed by atoms with E-state index in [1.165, 1.54) is 24.8 Å². The van der Waals surface area contributed by atoms with E-state index in [1.54, 1.807) is 7.11 Å². The van der Waals surface area contributed by atoms with Gasteiger partial charge in [0.1, 0.15) is 11.6 Å². The Morgan fingerprint density at radius 1 is 1.08 bits per heavy atom. The maximum absolute atomic E-state index is 9.54. The summed E-state index contributed by atoms with van der Waals surface area (Å²) in [5, 5.41) is 9.54. The molecule has 0 saturated carbocycles. The molecule has 7 heteroatoms. The van der Waals surface area contributed by atoms with Gasteiger partial charge in [-0.05, 0) is 61.4 Å². The molecular formula is C29H38N6O. The van der Waals surface area contributed by atoms with Gasteiger partial charge in [0, 0.05) is 50.4 Å². The number of unbranched alkanes of at least 4 members (excludes halogenated alkanes) is 3. The van der Waals surface area contributed by atoms with Crippen molar-refractivity contribution in [2.45, 2.75) is 65.2 Å². The van der Waals surface area contributed by atoms with E-state index in [2.05, 4.69) is 29.8 Å². The number of anilines is 1. The predicted molar refractivity (Wildman–Crippen MR) is 144 cm³/mol. The molecule has 2 heterocycles. The van der Waals surface area contributed by atoms with Gasteiger partial charge in [0.15, 0.2) is 5.82 Å². The lowest BCUT2D eigenvalue weighted by Crippen LogP contribution is -2.23. The van der Waals surface area contributed by atoms with Crippen molar-refractivity contribution in [1.29, 1.82) is 5.26 Å². The van der Waals surface area contributed by atoms with Crippen molar-refractivity contribution in [1.82, 2.24) is 19.9 Å². The van der Waals surface area contributed by atoms with Crippen molar-refractivity contribution >= 4 is 5.82 Å². The molecule has 0 aliphatic rings. The molecule has 2 aromatic heterocycles. The van der Waals surface area contributed by atoms with E-state index in [9.17, 15) is 5.26 Å². The standard InChI is InChI=1S/C29H38N6O/c1-6-7-8-9-10-24-19-31-29(32-20-24)26-12-11-23(18-30)16-27(26)21(2)15-25-17-28(34-22(3)33-25)35(4)13-14-36-5/h11-12,16-17,19-21H,6-10,13-15H2,1-5H3/t21-/m0/s1. The smallest absolute Gasteiger partial charge is 0.159 e. The van der Waals surface area contributed by atoms with Gasteiger partial charge in [0.25, 0.3) is 0 Å². The van der Waals surface area contributed by atoms with Crippen molar-refractivity contribution < 1.29 is 4.74 Å².